The smallest absolute Gasteiger partial charge is 0.411 e. The molecule has 39 heavy (non-hydrogen) atoms. The van der Waals surface area contributed by atoms with E-state index < -0.39 is 28.9 Å². The second-order valence-electron chi connectivity index (χ2n) is 9.05. The third kappa shape index (κ3) is 5.32. The van der Waals surface area contributed by atoms with Crippen molar-refractivity contribution >= 4 is 11.4 Å². The fourth-order valence-corrected chi connectivity index (χ4v) is 4.36. The highest BCUT2D eigenvalue weighted by atomic mass is 19.4. The van der Waals surface area contributed by atoms with Crippen LogP contribution in [0.25, 0.3) is 0 Å². The average Bonchev–Trinajstić information content (AvgIpc) is 2.83. The van der Waals surface area contributed by atoms with Crippen LogP contribution in [-0.2, 0) is 5.41 Å². The van der Waals surface area contributed by atoms with Crippen LogP contribution in [0.2, 0.25) is 0 Å². The monoisotopic (exact) mass is 546 g/mol. The first-order valence-electron chi connectivity index (χ1n) is 11.6. The molecule has 0 unspecified atom stereocenters. The molecule has 0 radical (unpaired) electrons. The van der Waals surface area contributed by atoms with E-state index in [4.69, 9.17) is 20.9 Å². The highest BCUT2D eigenvalue weighted by Crippen LogP contribution is 2.56. The second-order valence-corrected chi connectivity index (χ2v) is 9.05. The number of nitrogen functional groups attached to an aromatic ring is 2. The molecule has 0 bridgehead atoms. The predicted molar refractivity (Wildman–Crippen MR) is 137 cm³/mol. The van der Waals surface area contributed by atoms with Crippen LogP contribution in [-0.4, -0.2) is 12.4 Å². The number of benzene rings is 4. The topological polar surface area (TPSA) is 70.5 Å². The van der Waals surface area contributed by atoms with Crippen molar-refractivity contribution < 1.29 is 35.8 Å². The van der Waals surface area contributed by atoms with E-state index in [0.29, 0.717) is 34.0 Å². The summed E-state index contributed by atoms with van der Waals surface area (Å²) in [5, 5.41) is 0. The number of nitrogens with two attached hydrogens (primary N) is 2. The van der Waals surface area contributed by atoms with Crippen molar-refractivity contribution in [2.45, 2.75) is 31.6 Å². The zero-order valence-corrected chi connectivity index (χ0v) is 20.8. The molecule has 0 heterocycles. The molecule has 4 aromatic rings. The number of alkyl halides is 6. The Balaban J connectivity index is 1.73. The molecule has 4 rings (SSSR count). The van der Waals surface area contributed by atoms with Crippen molar-refractivity contribution in [2.75, 3.05) is 11.5 Å². The van der Waals surface area contributed by atoms with E-state index in [1.807, 2.05) is 0 Å². The maximum atomic E-state index is 14.5. The second kappa shape index (κ2) is 10.1. The van der Waals surface area contributed by atoms with Gasteiger partial charge in [-0.05, 0) is 96.8 Å². The van der Waals surface area contributed by atoms with Gasteiger partial charge in [-0.25, -0.2) is 0 Å². The van der Waals surface area contributed by atoms with Crippen LogP contribution in [0.5, 0.6) is 23.0 Å². The standard InChI is InChI=1S/C29H24F6N2O2/c1-17-15-21(36)7-13-25(17)38-23-9-3-19(4-10-23)27(28(30,31)32,29(33,34)35)20-5-11-24(12-6-20)39-26-14-8-22(37)16-18(26)2/h3-16H,36-37H2,1-2H3. The molecule has 4 aromatic carbocycles. The molecular weight excluding hydrogens is 522 g/mol. The Bertz CT molecular complexity index is 1350. The van der Waals surface area contributed by atoms with Crippen LogP contribution in [0, 0.1) is 13.8 Å². The minimum Gasteiger partial charge on any atom is -0.457 e. The molecule has 0 aliphatic rings. The van der Waals surface area contributed by atoms with Gasteiger partial charge in [0.1, 0.15) is 23.0 Å². The zero-order valence-electron chi connectivity index (χ0n) is 20.8. The Morgan fingerprint density at radius 3 is 1.13 bits per heavy atom. The van der Waals surface area contributed by atoms with Crippen molar-refractivity contribution in [3.8, 4) is 23.0 Å². The number of ether oxygens (including phenoxy) is 2. The number of hydrogen-bond acceptors (Lipinski definition) is 4. The summed E-state index contributed by atoms with van der Waals surface area (Å²) in [6.45, 7) is 3.42. The lowest BCUT2D eigenvalue weighted by Gasteiger charge is -2.38. The predicted octanol–water partition coefficient (Wildman–Crippen LogP) is 8.46. The van der Waals surface area contributed by atoms with E-state index in [1.54, 1.807) is 50.2 Å². The quantitative estimate of drug-likeness (QED) is 0.188. The lowest BCUT2D eigenvalue weighted by Crippen LogP contribution is -2.54. The van der Waals surface area contributed by atoms with E-state index in [9.17, 15) is 26.3 Å². The molecule has 0 amide bonds. The Hall–Kier alpha value is -4.34. The molecule has 0 aliphatic heterocycles. The SMILES string of the molecule is Cc1cc(N)ccc1Oc1ccc(C(c2ccc(Oc3ccc(N)cc3C)cc2)(C(F)(F)F)C(F)(F)F)cc1. The Morgan fingerprint density at radius 2 is 0.846 bits per heavy atom. The maximum Gasteiger partial charge on any atom is 0.411 e. The van der Waals surface area contributed by atoms with Gasteiger partial charge in [-0.15, -0.1) is 0 Å². The van der Waals surface area contributed by atoms with Crippen molar-refractivity contribution in [1.29, 1.82) is 0 Å². The molecular formula is C29H24F6N2O2. The maximum absolute atomic E-state index is 14.5. The number of anilines is 2. The Kier molecular flexibility index (Phi) is 7.16. The fraction of sp³-hybridized carbons (Fsp3) is 0.172. The summed E-state index contributed by atoms with van der Waals surface area (Å²) in [5.41, 5.74) is 7.35. The highest BCUT2D eigenvalue weighted by molar-refractivity contribution is 5.52. The van der Waals surface area contributed by atoms with Crippen LogP contribution in [0.15, 0.2) is 84.9 Å². The fourth-order valence-electron chi connectivity index (χ4n) is 4.36. The van der Waals surface area contributed by atoms with Gasteiger partial charge in [-0.3, -0.25) is 0 Å². The molecule has 0 spiro atoms. The van der Waals surface area contributed by atoms with Crippen LogP contribution in [0.4, 0.5) is 37.7 Å². The highest BCUT2D eigenvalue weighted by Gasteiger charge is 2.72. The van der Waals surface area contributed by atoms with Crippen molar-refractivity contribution in [3.05, 3.63) is 107 Å². The molecule has 4 nitrogen and oxygen atoms in total. The van der Waals surface area contributed by atoms with Crippen LogP contribution in [0.1, 0.15) is 22.3 Å². The van der Waals surface area contributed by atoms with Gasteiger partial charge in [0.05, 0.1) is 0 Å². The molecule has 0 saturated heterocycles. The first-order valence-corrected chi connectivity index (χ1v) is 11.6. The summed E-state index contributed by atoms with van der Waals surface area (Å²) in [5.74, 6) is 0.851. The van der Waals surface area contributed by atoms with Gasteiger partial charge in [-0.1, -0.05) is 24.3 Å². The zero-order chi connectivity index (χ0) is 28.6. The van der Waals surface area contributed by atoms with E-state index in [1.165, 1.54) is 0 Å². The Labute approximate surface area is 220 Å². The van der Waals surface area contributed by atoms with Crippen LogP contribution < -0.4 is 20.9 Å². The van der Waals surface area contributed by atoms with E-state index >= 15 is 0 Å². The van der Waals surface area contributed by atoms with Gasteiger partial charge in [0.15, 0.2) is 0 Å². The summed E-state index contributed by atoms with van der Waals surface area (Å²) in [6.07, 6.45) is -11.5. The van der Waals surface area contributed by atoms with Crippen LogP contribution >= 0.6 is 0 Å². The number of halogens is 6. The number of hydrogen-bond donors (Lipinski definition) is 2. The first kappa shape index (κ1) is 27.7. The van der Waals surface area contributed by atoms with Gasteiger partial charge >= 0.3 is 12.4 Å². The minimum absolute atomic E-state index is 0.0625. The molecule has 204 valence electrons. The molecule has 0 saturated carbocycles. The molecule has 10 heteroatoms. The van der Waals surface area contributed by atoms with Gasteiger partial charge in [0.2, 0.25) is 5.41 Å². The minimum atomic E-state index is -5.73. The van der Waals surface area contributed by atoms with Crippen molar-refractivity contribution in [2.24, 2.45) is 0 Å². The molecule has 0 aromatic heterocycles. The summed E-state index contributed by atoms with van der Waals surface area (Å²) in [6, 6.07) is 16.9. The van der Waals surface area contributed by atoms with Gasteiger partial charge in [0, 0.05) is 11.4 Å². The van der Waals surface area contributed by atoms with E-state index in [2.05, 4.69) is 0 Å². The van der Waals surface area contributed by atoms with Crippen LogP contribution in [0.3, 0.4) is 0 Å². The number of aryl methyl sites for hydroxylation is 2. The number of rotatable bonds is 6. The third-order valence-corrected chi connectivity index (χ3v) is 6.28. The molecule has 4 N–H and O–H groups in total. The van der Waals surface area contributed by atoms with Gasteiger partial charge < -0.3 is 20.9 Å². The summed E-state index contributed by atoms with van der Waals surface area (Å²) in [4.78, 5) is 0. The first-order chi connectivity index (χ1) is 18.2. The Morgan fingerprint density at radius 1 is 0.513 bits per heavy atom. The third-order valence-electron chi connectivity index (χ3n) is 6.28. The lowest BCUT2D eigenvalue weighted by atomic mass is 9.73. The van der Waals surface area contributed by atoms with Gasteiger partial charge in [0.25, 0.3) is 0 Å². The van der Waals surface area contributed by atoms with Crippen molar-refractivity contribution in [1.82, 2.24) is 0 Å². The van der Waals surface area contributed by atoms with Crippen molar-refractivity contribution in [3.63, 3.8) is 0 Å². The molecule has 0 fully saturated rings. The summed E-state index contributed by atoms with van der Waals surface area (Å²) >= 11 is 0. The lowest BCUT2D eigenvalue weighted by molar-refractivity contribution is -0.288. The van der Waals surface area contributed by atoms with E-state index in [-0.39, 0.29) is 11.5 Å². The normalized spacial score (nSPS) is 12.3. The van der Waals surface area contributed by atoms with Gasteiger partial charge in [-0.2, -0.15) is 26.3 Å². The largest absolute Gasteiger partial charge is 0.457 e. The van der Waals surface area contributed by atoms with E-state index in [0.717, 1.165) is 48.5 Å². The molecule has 0 aliphatic carbocycles. The molecule has 0 atom stereocenters. The summed E-state index contributed by atoms with van der Waals surface area (Å²) in [7, 11) is 0. The summed E-state index contributed by atoms with van der Waals surface area (Å²) < 4.78 is 98.4. The average molecular weight is 547 g/mol.